The quantitative estimate of drug-likeness (QED) is 0.173. The second kappa shape index (κ2) is 13.1. The number of hydrogen-bond donors (Lipinski definition) is 0. The summed E-state index contributed by atoms with van der Waals surface area (Å²) in [7, 11) is 0. The van der Waals surface area contributed by atoms with Crippen LogP contribution in [-0.2, 0) is 10.8 Å². The van der Waals surface area contributed by atoms with Crippen molar-refractivity contribution < 1.29 is 4.42 Å². The molecule has 2 bridgehead atoms. The summed E-state index contributed by atoms with van der Waals surface area (Å²) in [5.74, 6) is 2.28. The minimum Gasteiger partial charge on any atom is -0.455 e. The second-order valence-corrected chi connectivity index (χ2v) is 18.9. The fraction of sp³-hybridized carbons (Fsp3) is 0.276. The summed E-state index contributed by atoms with van der Waals surface area (Å²) < 4.78 is 6.51. The highest BCUT2D eigenvalue weighted by Gasteiger charge is 2.56. The summed E-state index contributed by atoms with van der Waals surface area (Å²) in [6.07, 6.45) is 13.2. The summed E-state index contributed by atoms with van der Waals surface area (Å²) in [4.78, 5) is 2.54. The number of furan rings is 1. The van der Waals surface area contributed by atoms with Gasteiger partial charge in [-0.25, -0.2) is 0 Å². The van der Waals surface area contributed by atoms with Gasteiger partial charge in [-0.1, -0.05) is 148 Å². The van der Waals surface area contributed by atoms with Crippen LogP contribution in [0.1, 0.15) is 93.4 Å². The molecule has 3 saturated carbocycles. The largest absolute Gasteiger partial charge is 0.455 e. The van der Waals surface area contributed by atoms with Gasteiger partial charge in [0.25, 0.3) is 0 Å². The Balaban J connectivity index is 0.990. The number of hydrogen-bond acceptors (Lipinski definition) is 2. The van der Waals surface area contributed by atoms with E-state index >= 15 is 0 Å². The summed E-state index contributed by atoms with van der Waals surface area (Å²) in [5, 5.41) is 2.33. The van der Waals surface area contributed by atoms with E-state index in [-0.39, 0.29) is 10.8 Å². The van der Waals surface area contributed by atoms with E-state index in [1.54, 1.807) is 11.1 Å². The van der Waals surface area contributed by atoms with Gasteiger partial charge in [0, 0.05) is 44.2 Å². The molecule has 1 heterocycles. The molecule has 1 aromatic heterocycles. The zero-order chi connectivity index (χ0) is 39.6. The van der Waals surface area contributed by atoms with E-state index in [9.17, 15) is 0 Å². The molecule has 294 valence electrons. The van der Waals surface area contributed by atoms with Gasteiger partial charge in [-0.2, -0.15) is 0 Å². The molecule has 5 aliphatic rings. The molecule has 0 N–H and O–H groups in total. The minimum atomic E-state index is 0.104. The van der Waals surface area contributed by atoms with E-state index in [1.807, 2.05) is 0 Å². The summed E-state index contributed by atoms with van der Waals surface area (Å²) in [5.41, 5.74) is 20.0. The van der Waals surface area contributed by atoms with Gasteiger partial charge in [0.05, 0.1) is 0 Å². The van der Waals surface area contributed by atoms with Gasteiger partial charge in [-0.3, -0.25) is 0 Å². The first-order valence-electron chi connectivity index (χ1n) is 23.0. The van der Waals surface area contributed by atoms with Gasteiger partial charge in [0.15, 0.2) is 0 Å². The van der Waals surface area contributed by atoms with Crippen LogP contribution in [0.25, 0.3) is 55.3 Å². The Kier molecular flexibility index (Phi) is 7.61. The highest BCUT2D eigenvalue weighted by atomic mass is 16.3. The first-order valence-corrected chi connectivity index (χ1v) is 23.0. The Labute approximate surface area is 353 Å². The SMILES string of the molecule is CCC1CC2CCCC(C2)C12c1ccccc1-c1cc(N(c3ccc(-c4cccc5c4oc4ccccc45)cc3)c3ccc4c(c3)-c3ccccc3C43CCCC3)ccc12. The van der Waals surface area contributed by atoms with Crippen LogP contribution < -0.4 is 4.90 Å². The topological polar surface area (TPSA) is 16.4 Å². The third-order valence-electron chi connectivity index (χ3n) is 16.4. The van der Waals surface area contributed by atoms with Crippen molar-refractivity contribution in [3.05, 3.63) is 174 Å². The van der Waals surface area contributed by atoms with Crippen molar-refractivity contribution in [3.8, 4) is 33.4 Å². The van der Waals surface area contributed by atoms with Crippen molar-refractivity contribution in [2.45, 2.75) is 82.0 Å². The van der Waals surface area contributed by atoms with Crippen molar-refractivity contribution in [2.24, 2.45) is 17.8 Å². The van der Waals surface area contributed by atoms with E-state index in [1.165, 1.54) is 109 Å². The number of benzene rings is 7. The lowest BCUT2D eigenvalue weighted by molar-refractivity contribution is 0.0557. The smallest absolute Gasteiger partial charge is 0.143 e. The van der Waals surface area contributed by atoms with Crippen molar-refractivity contribution in [1.29, 1.82) is 0 Å². The minimum absolute atomic E-state index is 0.104. The standard InChI is InChI=1S/C58H51NO/c1-2-39-33-37-13-11-14-40(34-37)58(39)53-21-7-4-16-46(53)50-36-43(28-30-54(50)58)59(42-27-29-52-49(35-42)45-15-3-6-20-51(45)57(52)31-9-10-32-57)41-25-23-38(24-26-41)44-18-12-19-48-47-17-5-8-22-55(47)60-56(44)48/h3-8,12,15-30,35-37,39-40H,2,9-11,13-14,31-34H2,1H3. The van der Waals surface area contributed by atoms with Crippen LogP contribution in [0, 0.1) is 17.8 Å². The van der Waals surface area contributed by atoms with Crippen LogP contribution in [0.3, 0.4) is 0 Å². The molecule has 0 radical (unpaired) electrons. The predicted molar refractivity (Wildman–Crippen MR) is 249 cm³/mol. The monoisotopic (exact) mass is 777 g/mol. The lowest BCUT2D eigenvalue weighted by Gasteiger charge is -2.54. The van der Waals surface area contributed by atoms with Crippen molar-refractivity contribution in [1.82, 2.24) is 0 Å². The van der Waals surface area contributed by atoms with Crippen molar-refractivity contribution in [2.75, 3.05) is 4.90 Å². The van der Waals surface area contributed by atoms with Gasteiger partial charge in [-0.05, 0) is 142 Å². The molecule has 0 aliphatic heterocycles. The molecule has 8 aromatic rings. The van der Waals surface area contributed by atoms with Gasteiger partial charge in [0.1, 0.15) is 11.2 Å². The number of para-hydroxylation sites is 2. The molecule has 2 nitrogen and oxygen atoms in total. The Morgan fingerprint density at radius 3 is 1.95 bits per heavy atom. The normalized spacial score (nSPS) is 22.9. The molecule has 2 heteroatoms. The molecule has 0 saturated heterocycles. The van der Waals surface area contributed by atoms with Crippen molar-refractivity contribution in [3.63, 3.8) is 0 Å². The van der Waals surface area contributed by atoms with Crippen LogP contribution in [-0.4, -0.2) is 0 Å². The van der Waals surface area contributed by atoms with E-state index in [2.05, 4.69) is 163 Å². The maximum Gasteiger partial charge on any atom is 0.143 e. The number of anilines is 3. The molecular formula is C58H51NO. The van der Waals surface area contributed by atoms with E-state index in [4.69, 9.17) is 4.42 Å². The molecule has 60 heavy (non-hydrogen) atoms. The summed E-state index contributed by atoms with van der Waals surface area (Å²) >= 11 is 0. The molecule has 5 aliphatic carbocycles. The third kappa shape index (κ3) is 4.71. The van der Waals surface area contributed by atoms with Crippen molar-refractivity contribution >= 4 is 39.0 Å². The average molecular weight is 778 g/mol. The van der Waals surface area contributed by atoms with Gasteiger partial charge >= 0.3 is 0 Å². The molecular weight excluding hydrogens is 727 g/mol. The molecule has 4 atom stereocenters. The van der Waals surface area contributed by atoms with Crippen LogP contribution in [0.5, 0.6) is 0 Å². The Bertz CT molecular complexity index is 2990. The molecule has 3 fully saturated rings. The van der Waals surface area contributed by atoms with Crippen LogP contribution in [0.2, 0.25) is 0 Å². The summed E-state index contributed by atoms with van der Waals surface area (Å²) in [6, 6.07) is 58.0. The second-order valence-electron chi connectivity index (χ2n) is 18.9. The van der Waals surface area contributed by atoms with Gasteiger partial charge in [0.2, 0.25) is 0 Å². The third-order valence-corrected chi connectivity index (χ3v) is 16.4. The predicted octanol–water partition coefficient (Wildman–Crippen LogP) is 16.1. The number of nitrogens with zero attached hydrogens (tertiary/aromatic N) is 1. The number of fused-ring (bicyclic) bond motifs is 16. The Morgan fingerprint density at radius 1 is 0.533 bits per heavy atom. The van der Waals surface area contributed by atoms with Crippen LogP contribution >= 0.6 is 0 Å². The van der Waals surface area contributed by atoms with E-state index in [0.29, 0.717) is 11.8 Å². The van der Waals surface area contributed by atoms with Gasteiger partial charge < -0.3 is 9.32 Å². The zero-order valence-electron chi connectivity index (χ0n) is 34.6. The first kappa shape index (κ1) is 34.9. The van der Waals surface area contributed by atoms with E-state index < -0.39 is 0 Å². The number of rotatable bonds is 5. The fourth-order valence-electron chi connectivity index (χ4n) is 14.0. The lowest BCUT2D eigenvalue weighted by Crippen LogP contribution is -2.48. The first-order chi connectivity index (χ1) is 29.7. The molecule has 2 spiro atoms. The van der Waals surface area contributed by atoms with E-state index in [0.717, 1.165) is 44.7 Å². The van der Waals surface area contributed by atoms with Gasteiger partial charge in [-0.15, -0.1) is 0 Å². The zero-order valence-corrected chi connectivity index (χ0v) is 34.6. The molecule has 4 unspecified atom stereocenters. The molecule has 13 rings (SSSR count). The molecule has 0 amide bonds. The summed E-state index contributed by atoms with van der Waals surface area (Å²) in [6.45, 7) is 2.46. The fourth-order valence-corrected chi connectivity index (χ4v) is 14.0. The lowest BCUT2D eigenvalue weighted by atomic mass is 9.50. The highest BCUT2D eigenvalue weighted by Crippen LogP contribution is 2.65. The Morgan fingerprint density at radius 2 is 1.15 bits per heavy atom. The molecule has 7 aromatic carbocycles. The highest BCUT2D eigenvalue weighted by molar-refractivity contribution is 6.09. The van der Waals surface area contributed by atoms with Crippen LogP contribution in [0.4, 0.5) is 17.1 Å². The Hall–Kier alpha value is -5.86. The maximum absolute atomic E-state index is 6.51. The van der Waals surface area contributed by atoms with Crippen LogP contribution in [0.15, 0.2) is 156 Å². The average Bonchev–Trinajstić information content (AvgIpc) is 4.08. The maximum atomic E-state index is 6.51.